The summed E-state index contributed by atoms with van der Waals surface area (Å²) in [6.07, 6.45) is 9.97. The zero-order valence-corrected chi connectivity index (χ0v) is 8.33. The van der Waals surface area contributed by atoms with Crippen LogP contribution in [-0.4, -0.2) is 13.3 Å². The maximum absolute atomic E-state index is 3.89. The Bertz CT molecular complexity index is 203. The van der Waals surface area contributed by atoms with Crippen molar-refractivity contribution in [3.8, 4) is 0 Å². The molecule has 0 heterocycles. The summed E-state index contributed by atoms with van der Waals surface area (Å²) >= 11 is 0. The minimum atomic E-state index is 1.25. The molecule has 0 rings (SSSR count). The van der Waals surface area contributed by atoms with Gasteiger partial charge in [0.1, 0.15) is 0 Å². The highest BCUT2D eigenvalue weighted by Gasteiger charge is 1.87. The van der Waals surface area contributed by atoms with Crippen LogP contribution in [0.15, 0.2) is 40.4 Å². The summed E-state index contributed by atoms with van der Waals surface area (Å²) in [5.41, 5.74) is 2.52. The van der Waals surface area contributed by atoms with Crippen LogP contribution in [0.4, 0.5) is 0 Å². The molecule has 1 nitrogen and oxygen atoms in total. The molecule has 0 spiro atoms. The van der Waals surface area contributed by atoms with E-state index in [2.05, 4.69) is 24.9 Å². The molecule has 0 aromatic heterocycles. The van der Waals surface area contributed by atoms with Crippen LogP contribution in [0.25, 0.3) is 0 Å². The number of hydrogen-bond donors (Lipinski definition) is 0. The maximum Gasteiger partial charge on any atom is 0.0277 e. The second-order valence-corrected chi connectivity index (χ2v) is 2.63. The van der Waals surface area contributed by atoms with Gasteiger partial charge >= 0.3 is 0 Å². The molecule has 0 aromatic carbocycles. The van der Waals surface area contributed by atoms with Crippen molar-refractivity contribution in [2.75, 3.05) is 7.05 Å². The number of hydrogen-bond acceptors (Lipinski definition) is 1. The molecule has 0 aliphatic rings. The van der Waals surface area contributed by atoms with Crippen LogP contribution >= 0.6 is 0 Å². The second-order valence-electron chi connectivity index (χ2n) is 2.63. The molecule has 0 N–H and O–H groups in total. The summed E-state index contributed by atoms with van der Waals surface area (Å²) in [5, 5.41) is 0. The number of rotatable bonds is 3. The molecule has 0 saturated heterocycles. The summed E-state index contributed by atoms with van der Waals surface area (Å²) in [5.74, 6) is 0. The first-order valence-electron chi connectivity index (χ1n) is 4.11. The predicted octanol–water partition coefficient (Wildman–Crippen LogP) is 3.16. The smallest absolute Gasteiger partial charge is 0.0277 e. The first-order chi connectivity index (χ1) is 5.72. The van der Waals surface area contributed by atoms with E-state index in [0.29, 0.717) is 0 Å². The third-order valence-electron chi connectivity index (χ3n) is 1.63. The lowest BCUT2D eigenvalue weighted by molar-refractivity contribution is 1.35. The third-order valence-corrected chi connectivity index (χ3v) is 1.63. The number of allylic oxidation sites excluding steroid dienone is 6. The van der Waals surface area contributed by atoms with Gasteiger partial charge in [-0.15, -0.1) is 0 Å². The van der Waals surface area contributed by atoms with Crippen molar-refractivity contribution in [1.29, 1.82) is 0 Å². The summed E-state index contributed by atoms with van der Waals surface area (Å²) in [7, 11) is 1.77. The van der Waals surface area contributed by atoms with E-state index in [9.17, 15) is 0 Å². The minimum Gasteiger partial charge on any atom is -0.297 e. The van der Waals surface area contributed by atoms with Gasteiger partial charge in [0.25, 0.3) is 0 Å². The highest BCUT2D eigenvalue weighted by atomic mass is 14.6. The van der Waals surface area contributed by atoms with E-state index in [0.717, 1.165) is 0 Å². The van der Waals surface area contributed by atoms with Crippen molar-refractivity contribution in [3.05, 3.63) is 35.5 Å². The van der Waals surface area contributed by atoms with Crippen LogP contribution in [0, 0.1) is 0 Å². The van der Waals surface area contributed by atoms with E-state index < -0.39 is 0 Å². The molecule has 66 valence electrons. The van der Waals surface area contributed by atoms with Crippen molar-refractivity contribution < 1.29 is 0 Å². The van der Waals surface area contributed by atoms with Gasteiger partial charge in [-0.2, -0.15) is 0 Å². The molecule has 0 aliphatic carbocycles. The van der Waals surface area contributed by atoms with E-state index in [1.54, 1.807) is 7.05 Å². The standard InChI is InChI=1S/C11H17N/c1-5-6-7-10(2)11(3)8-9-12-4/h5-9H,1-4H3/b6-5-,10-7+,11-8+,12-9?. The van der Waals surface area contributed by atoms with Gasteiger partial charge in [-0.25, -0.2) is 0 Å². The van der Waals surface area contributed by atoms with Gasteiger partial charge in [0.05, 0.1) is 0 Å². The number of aliphatic imine (C=N–C) groups is 1. The summed E-state index contributed by atoms with van der Waals surface area (Å²) in [6.45, 7) is 6.18. The van der Waals surface area contributed by atoms with Gasteiger partial charge in [0.15, 0.2) is 0 Å². The van der Waals surface area contributed by atoms with E-state index in [1.807, 2.05) is 31.4 Å². The molecular weight excluding hydrogens is 146 g/mol. The van der Waals surface area contributed by atoms with Gasteiger partial charge in [-0.1, -0.05) is 18.2 Å². The lowest BCUT2D eigenvalue weighted by Crippen LogP contribution is -1.79. The summed E-state index contributed by atoms with van der Waals surface area (Å²) < 4.78 is 0. The first kappa shape index (κ1) is 10.9. The van der Waals surface area contributed by atoms with Crippen molar-refractivity contribution in [2.24, 2.45) is 4.99 Å². The fraction of sp³-hybridized carbons (Fsp3) is 0.364. The molecule has 0 fully saturated rings. The van der Waals surface area contributed by atoms with Crippen LogP contribution < -0.4 is 0 Å². The number of nitrogens with zero attached hydrogens (tertiary/aromatic N) is 1. The van der Waals surface area contributed by atoms with Crippen LogP contribution in [0.2, 0.25) is 0 Å². The molecule has 12 heavy (non-hydrogen) atoms. The van der Waals surface area contributed by atoms with Gasteiger partial charge in [0.2, 0.25) is 0 Å². The van der Waals surface area contributed by atoms with E-state index in [4.69, 9.17) is 0 Å². The van der Waals surface area contributed by atoms with Crippen molar-refractivity contribution in [1.82, 2.24) is 0 Å². The molecule has 1 heteroatoms. The average Bonchev–Trinajstić information content (AvgIpc) is 2.10. The normalized spacial score (nSPS) is 15.0. The van der Waals surface area contributed by atoms with Crippen LogP contribution in [0.3, 0.4) is 0 Å². The van der Waals surface area contributed by atoms with Gasteiger partial charge in [-0.3, -0.25) is 4.99 Å². The molecule has 0 aromatic rings. The zero-order valence-electron chi connectivity index (χ0n) is 8.33. The SMILES string of the molecule is C\C=C/C=C(C)/C(C)=C/C=NC. The Morgan fingerprint density at radius 3 is 2.17 bits per heavy atom. The lowest BCUT2D eigenvalue weighted by atomic mass is 10.1. The second kappa shape index (κ2) is 6.59. The van der Waals surface area contributed by atoms with Gasteiger partial charge < -0.3 is 0 Å². The molecule has 0 bridgehead atoms. The van der Waals surface area contributed by atoms with Gasteiger partial charge in [0, 0.05) is 13.3 Å². The molecule has 0 saturated carbocycles. The molecule has 0 radical (unpaired) electrons. The topological polar surface area (TPSA) is 12.4 Å². The van der Waals surface area contributed by atoms with E-state index in [-0.39, 0.29) is 0 Å². The Labute approximate surface area is 75.2 Å². The highest BCUT2D eigenvalue weighted by Crippen LogP contribution is 2.06. The average molecular weight is 163 g/mol. The molecule has 0 atom stereocenters. The molecule has 0 aliphatic heterocycles. The van der Waals surface area contributed by atoms with Gasteiger partial charge in [-0.05, 0) is 38.0 Å². The fourth-order valence-corrected chi connectivity index (χ4v) is 0.690. The summed E-state index contributed by atoms with van der Waals surface area (Å²) in [4.78, 5) is 3.89. The molecule has 0 unspecified atom stereocenters. The molecular formula is C11H17N. The lowest BCUT2D eigenvalue weighted by Gasteiger charge is -1.96. The van der Waals surface area contributed by atoms with Crippen molar-refractivity contribution in [3.63, 3.8) is 0 Å². The Hall–Kier alpha value is -1.11. The minimum absolute atomic E-state index is 1.25. The highest BCUT2D eigenvalue weighted by molar-refractivity contribution is 5.73. The summed E-state index contributed by atoms with van der Waals surface area (Å²) in [6, 6.07) is 0. The van der Waals surface area contributed by atoms with E-state index in [1.165, 1.54) is 11.1 Å². The maximum atomic E-state index is 3.89. The van der Waals surface area contributed by atoms with Crippen LogP contribution in [-0.2, 0) is 0 Å². The van der Waals surface area contributed by atoms with Crippen LogP contribution in [0.1, 0.15) is 20.8 Å². The Morgan fingerprint density at radius 1 is 1.08 bits per heavy atom. The quantitative estimate of drug-likeness (QED) is 0.447. The van der Waals surface area contributed by atoms with Crippen LogP contribution in [0.5, 0.6) is 0 Å². The third kappa shape index (κ3) is 4.67. The first-order valence-corrected chi connectivity index (χ1v) is 4.11. The molecule has 0 amide bonds. The Balaban J connectivity index is 4.36. The van der Waals surface area contributed by atoms with Crippen molar-refractivity contribution >= 4 is 6.21 Å². The van der Waals surface area contributed by atoms with E-state index >= 15 is 0 Å². The van der Waals surface area contributed by atoms with Crippen molar-refractivity contribution in [2.45, 2.75) is 20.8 Å². The monoisotopic (exact) mass is 163 g/mol. The fourth-order valence-electron chi connectivity index (χ4n) is 0.690. The largest absolute Gasteiger partial charge is 0.297 e. The zero-order chi connectivity index (χ0) is 9.40. The Morgan fingerprint density at radius 2 is 1.67 bits per heavy atom. The Kier molecular flexibility index (Phi) is 5.98. The predicted molar refractivity (Wildman–Crippen MR) is 56.7 cm³/mol.